The Morgan fingerprint density at radius 3 is 2.14 bits per heavy atom. The lowest BCUT2D eigenvalue weighted by atomic mass is 10.2. The maximum atomic E-state index is 11.8. The van der Waals surface area contributed by atoms with Gasteiger partial charge in [0.2, 0.25) is 5.88 Å². The molecule has 0 aliphatic heterocycles. The van der Waals surface area contributed by atoms with Crippen LogP contribution in [0.15, 0.2) is 60.7 Å². The van der Waals surface area contributed by atoms with Gasteiger partial charge in [0.15, 0.2) is 11.6 Å². The first kappa shape index (κ1) is 13.1. The summed E-state index contributed by atoms with van der Waals surface area (Å²) >= 11 is 0. The van der Waals surface area contributed by atoms with Crippen LogP contribution in [-0.2, 0) is 0 Å². The van der Waals surface area contributed by atoms with Crippen molar-refractivity contribution in [3.05, 3.63) is 66.5 Å². The second-order valence-corrected chi connectivity index (χ2v) is 4.70. The zero-order chi connectivity index (χ0) is 14.8. The quantitative estimate of drug-likeness (QED) is 0.747. The fourth-order valence-corrected chi connectivity index (χ4v) is 2.26. The number of carbonyl (C=O) groups excluding carboxylic acids is 1. The average molecular weight is 278 g/mol. The van der Waals surface area contributed by atoms with Crippen LogP contribution < -0.4 is 0 Å². The maximum absolute atomic E-state index is 11.8. The minimum atomic E-state index is -0.198. The van der Waals surface area contributed by atoms with Crippen molar-refractivity contribution in [3.63, 3.8) is 0 Å². The van der Waals surface area contributed by atoms with Gasteiger partial charge in [-0.15, -0.1) is 0 Å². The molecule has 21 heavy (non-hydrogen) atoms. The molecule has 1 heterocycles. The molecule has 0 saturated carbocycles. The molecule has 0 bridgehead atoms. The Morgan fingerprint density at radius 1 is 1.00 bits per heavy atom. The molecule has 104 valence electrons. The number of aromatic hydroxyl groups is 1. The Balaban J connectivity index is 2.25. The summed E-state index contributed by atoms with van der Waals surface area (Å²) < 4.78 is 1.48. The van der Waals surface area contributed by atoms with Crippen molar-refractivity contribution >= 4 is 5.78 Å². The molecule has 3 aromatic rings. The first-order valence-electron chi connectivity index (χ1n) is 6.62. The average Bonchev–Trinajstić information content (AvgIpc) is 2.87. The van der Waals surface area contributed by atoms with Crippen LogP contribution >= 0.6 is 0 Å². The van der Waals surface area contributed by atoms with Crippen LogP contribution in [0, 0.1) is 0 Å². The molecule has 0 spiro atoms. The molecule has 1 N–H and O–H groups in total. The molecule has 0 atom stereocenters. The van der Waals surface area contributed by atoms with E-state index in [0.717, 1.165) is 5.56 Å². The van der Waals surface area contributed by atoms with Crippen molar-refractivity contribution in [1.82, 2.24) is 9.55 Å². The number of para-hydroxylation sites is 1. The van der Waals surface area contributed by atoms with E-state index in [1.165, 1.54) is 11.5 Å². The number of hydrogen-bond donors (Lipinski definition) is 1. The normalized spacial score (nSPS) is 10.5. The molecular formula is C17H14N2O2. The van der Waals surface area contributed by atoms with Gasteiger partial charge in [0, 0.05) is 12.5 Å². The maximum Gasteiger partial charge on any atom is 0.224 e. The third-order valence-corrected chi connectivity index (χ3v) is 3.23. The van der Waals surface area contributed by atoms with Crippen molar-refractivity contribution in [2.45, 2.75) is 6.92 Å². The highest BCUT2D eigenvalue weighted by molar-refractivity contribution is 5.93. The van der Waals surface area contributed by atoms with Gasteiger partial charge >= 0.3 is 0 Å². The molecule has 0 unspecified atom stereocenters. The van der Waals surface area contributed by atoms with Crippen LogP contribution in [0.4, 0.5) is 0 Å². The third kappa shape index (κ3) is 2.31. The minimum absolute atomic E-state index is 0.0300. The molecule has 0 aliphatic carbocycles. The summed E-state index contributed by atoms with van der Waals surface area (Å²) in [5.74, 6) is -0.00788. The molecule has 0 radical (unpaired) electrons. The number of hydrogen-bond acceptors (Lipinski definition) is 3. The summed E-state index contributed by atoms with van der Waals surface area (Å²) in [4.78, 5) is 16.2. The van der Waals surface area contributed by atoms with Gasteiger partial charge in [0.25, 0.3) is 0 Å². The summed E-state index contributed by atoms with van der Waals surface area (Å²) in [7, 11) is 0. The first-order chi connectivity index (χ1) is 10.2. The van der Waals surface area contributed by atoms with E-state index in [1.807, 2.05) is 60.7 Å². The number of benzene rings is 2. The van der Waals surface area contributed by atoms with Crippen LogP contribution in [0.2, 0.25) is 0 Å². The SMILES string of the molecule is CC(=O)c1nc(-c2ccccc2)c(O)n1-c1ccccc1. The van der Waals surface area contributed by atoms with Crippen LogP contribution in [0.25, 0.3) is 16.9 Å². The summed E-state index contributed by atoms with van der Waals surface area (Å²) in [6.07, 6.45) is 0. The highest BCUT2D eigenvalue weighted by atomic mass is 16.3. The van der Waals surface area contributed by atoms with Crippen molar-refractivity contribution in [2.75, 3.05) is 0 Å². The zero-order valence-electron chi connectivity index (χ0n) is 11.5. The van der Waals surface area contributed by atoms with E-state index in [1.54, 1.807) is 0 Å². The lowest BCUT2D eigenvalue weighted by Gasteiger charge is -2.06. The molecule has 2 aromatic carbocycles. The largest absolute Gasteiger partial charge is 0.493 e. The highest BCUT2D eigenvalue weighted by Crippen LogP contribution is 2.32. The van der Waals surface area contributed by atoms with E-state index in [-0.39, 0.29) is 17.5 Å². The monoisotopic (exact) mass is 278 g/mol. The van der Waals surface area contributed by atoms with Crippen molar-refractivity contribution < 1.29 is 9.90 Å². The lowest BCUT2D eigenvalue weighted by Crippen LogP contribution is -2.05. The molecular weight excluding hydrogens is 264 g/mol. The van der Waals surface area contributed by atoms with Gasteiger partial charge in [-0.3, -0.25) is 9.36 Å². The Bertz CT molecular complexity index is 777. The highest BCUT2D eigenvalue weighted by Gasteiger charge is 2.21. The zero-order valence-corrected chi connectivity index (χ0v) is 11.5. The van der Waals surface area contributed by atoms with Gasteiger partial charge in [-0.1, -0.05) is 48.5 Å². The molecule has 4 nitrogen and oxygen atoms in total. The van der Waals surface area contributed by atoms with Crippen molar-refractivity contribution in [3.8, 4) is 22.8 Å². The Morgan fingerprint density at radius 2 is 1.57 bits per heavy atom. The van der Waals surface area contributed by atoms with Gasteiger partial charge in [-0.25, -0.2) is 4.98 Å². The van der Waals surface area contributed by atoms with Gasteiger partial charge in [-0.2, -0.15) is 0 Å². The molecule has 0 amide bonds. The number of imidazole rings is 1. The number of carbonyl (C=O) groups is 1. The molecule has 4 heteroatoms. The topological polar surface area (TPSA) is 55.1 Å². The van der Waals surface area contributed by atoms with E-state index < -0.39 is 0 Å². The van der Waals surface area contributed by atoms with Crippen LogP contribution in [-0.4, -0.2) is 20.4 Å². The van der Waals surface area contributed by atoms with Gasteiger partial charge < -0.3 is 5.11 Å². The number of Topliss-reactive ketones (excluding diaryl/α,β-unsaturated/α-hetero) is 1. The molecule has 1 aromatic heterocycles. The molecule has 0 aliphatic rings. The van der Waals surface area contributed by atoms with Crippen molar-refractivity contribution in [2.24, 2.45) is 0 Å². The third-order valence-electron chi connectivity index (χ3n) is 3.23. The summed E-state index contributed by atoms with van der Waals surface area (Å²) in [5, 5.41) is 10.5. The van der Waals surface area contributed by atoms with Crippen LogP contribution in [0.3, 0.4) is 0 Å². The Kier molecular flexibility index (Phi) is 3.28. The molecule has 0 saturated heterocycles. The summed E-state index contributed by atoms with van der Waals surface area (Å²) in [6.45, 7) is 1.44. The van der Waals surface area contributed by atoms with E-state index in [4.69, 9.17) is 0 Å². The number of aromatic nitrogens is 2. The Labute approximate surface area is 122 Å². The summed E-state index contributed by atoms with van der Waals surface area (Å²) in [6, 6.07) is 18.5. The molecule has 3 rings (SSSR count). The lowest BCUT2D eigenvalue weighted by molar-refractivity contribution is 0.100. The van der Waals surface area contributed by atoms with Crippen LogP contribution in [0.5, 0.6) is 5.88 Å². The predicted octanol–water partition coefficient (Wildman–Crippen LogP) is 3.45. The second-order valence-electron chi connectivity index (χ2n) is 4.70. The first-order valence-corrected chi connectivity index (χ1v) is 6.62. The predicted molar refractivity (Wildman–Crippen MR) is 80.7 cm³/mol. The Hall–Kier alpha value is -2.88. The molecule has 0 fully saturated rings. The standard InChI is InChI=1S/C17H14N2O2/c1-12(20)16-18-15(13-8-4-2-5-9-13)17(21)19(16)14-10-6-3-7-11-14/h2-11,21H,1H3. The second kappa shape index (κ2) is 5.25. The van der Waals surface area contributed by atoms with Crippen LogP contribution in [0.1, 0.15) is 17.5 Å². The van der Waals surface area contributed by atoms with Gasteiger partial charge in [0.05, 0.1) is 5.69 Å². The number of rotatable bonds is 3. The summed E-state index contributed by atoms with van der Waals surface area (Å²) in [5.41, 5.74) is 1.88. The van der Waals surface area contributed by atoms with Crippen molar-refractivity contribution in [1.29, 1.82) is 0 Å². The minimum Gasteiger partial charge on any atom is -0.493 e. The van der Waals surface area contributed by atoms with Gasteiger partial charge in [0.1, 0.15) is 5.69 Å². The fraction of sp³-hybridized carbons (Fsp3) is 0.0588. The number of ketones is 1. The fourth-order valence-electron chi connectivity index (χ4n) is 2.26. The van der Waals surface area contributed by atoms with E-state index in [0.29, 0.717) is 11.4 Å². The van der Waals surface area contributed by atoms with E-state index in [2.05, 4.69) is 4.98 Å². The van der Waals surface area contributed by atoms with E-state index >= 15 is 0 Å². The van der Waals surface area contributed by atoms with E-state index in [9.17, 15) is 9.90 Å². The smallest absolute Gasteiger partial charge is 0.224 e. The number of nitrogens with zero attached hydrogens (tertiary/aromatic N) is 2. The van der Waals surface area contributed by atoms with Gasteiger partial charge in [-0.05, 0) is 12.1 Å².